The molecule has 0 aromatic heterocycles. The van der Waals surface area contributed by atoms with Gasteiger partial charge in [-0.2, -0.15) is 0 Å². The van der Waals surface area contributed by atoms with Crippen LogP contribution in [-0.2, 0) is 6.42 Å². The van der Waals surface area contributed by atoms with Crippen LogP contribution in [0.15, 0.2) is 30.9 Å². The van der Waals surface area contributed by atoms with Crippen molar-refractivity contribution in [1.82, 2.24) is 0 Å². The second kappa shape index (κ2) is 4.86. The second-order valence-electron chi connectivity index (χ2n) is 8.07. The standard InChI is InChI=1S/C20H26O2/c1-3-12-10-20(2)11-15(22)9-18(20)17-6-4-13-8-14(21)5-7-16(13)19(12)17/h3,5,7-8,12,15,17-19,21-22H,1,4,6,9-11H2,2H3/t12-,15+,17-,18-,19+,20+/m0/s1. The van der Waals surface area contributed by atoms with E-state index < -0.39 is 0 Å². The Hall–Kier alpha value is -1.28. The molecule has 118 valence electrons. The summed E-state index contributed by atoms with van der Waals surface area (Å²) in [6.45, 7) is 6.50. The van der Waals surface area contributed by atoms with Gasteiger partial charge in [0.2, 0.25) is 0 Å². The minimum absolute atomic E-state index is 0.125. The van der Waals surface area contributed by atoms with Crippen LogP contribution in [-0.4, -0.2) is 16.3 Å². The van der Waals surface area contributed by atoms with Gasteiger partial charge in [0.1, 0.15) is 5.75 Å². The quantitative estimate of drug-likeness (QED) is 0.769. The summed E-state index contributed by atoms with van der Waals surface area (Å²) in [6.07, 6.45) is 7.31. The third-order valence-electron chi connectivity index (χ3n) is 6.80. The van der Waals surface area contributed by atoms with Gasteiger partial charge in [-0.3, -0.25) is 0 Å². The lowest BCUT2D eigenvalue weighted by molar-refractivity contribution is 0.0332. The van der Waals surface area contributed by atoms with Crippen LogP contribution >= 0.6 is 0 Å². The summed E-state index contributed by atoms with van der Waals surface area (Å²) in [4.78, 5) is 0. The average molecular weight is 298 g/mol. The smallest absolute Gasteiger partial charge is 0.115 e. The number of aliphatic hydroxyl groups excluding tert-OH is 1. The summed E-state index contributed by atoms with van der Waals surface area (Å²) in [6, 6.07) is 5.91. The number of fused-ring (bicyclic) bond motifs is 5. The van der Waals surface area contributed by atoms with Gasteiger partial charge in [0, 0.05) is 0 Å². The Labute approximate surface area is 132 Å². The number of benzene rings is 1. The molecule has 0 amide bonds. The Kier molecular flexibility index (Phi) is 3.16. The highest BCUT2D eigenvalue weighted by molar-refractivity contribution is 5.41. The van der Waals surface area contributed by atoms with E-state index in [1.54, 1.807) is 0 Å². The SMILES string of the molecule is C=C[C@H]1C[C@]2(C)C[C@H](O)C[C@H]2[C@@H]2CCc3cc(O)ccc3[C@H]21. The van der Waals surface area contributed by atoms with Crippen molar-refractivity contribution in [3.05, 3.63) is 42.0 Å². The molecular formula is C20H26O2. The van der Waals surface area contributed by atoms with Crippen molar-refractivity contribution in [2.24, 2.45) is 23.2 Å². The molecular weight excluding hydrogens is 272 g/mol. The van der Waals surface area contributed by atoms with E-state index in [1.807, 2.05) is 12.1 Å². The van der Waals surface area contributed by atoms with Crippen molar-refractivity contribution < 1.29 is 10.2 Å². The van der Waals surface area contributed by atoms with Crippen molar-refractivity contribution in [1.29, 1.82) is 0 Å². The maximum absolute atomic E-state index is 10.2. The maximum atomic E-state index is 10.2. The van der Waals surface area contributed by atoms with E-state index in [9.17, 15) is 10.2 Å². The molecule has 0 saturated heterocycles. The Bertz CT molecular complexity index is 608. The molecule has 2 heteroatoms. The third kappa shape index (κ3) is 1.96. The van der Waals surface area contributed by atoms with Gasteiger partial charge in [-0.25, -0.2) is 0 Å². The molecule has 6 atom stereocenters. The van der Waals surface area contributed by atoms with Gasteiger partial charge in [-0.15, -0.1) is 6.58 Å². The normalized spacial score (nSPS) is 43.1. The van der Waals surface area contributed by atoms with E-state index in [0.717, 1.165) is 25.7 Å². The maximum Gasteiger partial charge on any atom is 0.115 e. The average Bonchev–Trinajstić information content (AvgIpc) is 2.79. The zero-order chi connectivity index (χ0) is 15.5. The molecule has 2 saturated carbocycles. The summed E-state index contributed by atoms with van der Waals surface area (Å²) < 4.78 is 0. The number of aryl methyl sites for hydroxylation is 1. The van der Waals surface area contributed by atoms with Gasteiger partial charge in [-0.1, -0.05) is 19.1 Å². The summed E-state index contributed by atoms with van der Waals surface area (Å²) >= 11 is 0. The highest BCUT2D eigenvalue weighted by atomic mass is 16.3. The molecule has 3 aliphatic carbocycles. The fraction of sp³-hybridized carbons (Fsp3) is 0.600. The fourth-order valence-electron chi connectivity index (χ4n) is 6.04. The summed E-state index contributed by atoms with van der Waals surface area (Å²) in [5.41, 5.74) is 3.01. The van der Waals surface area contributed by atoms with Crippen molar-refractivity contribution in [2.45, 2.75) is 51.0 Å². The van der Waals surface area contributed by atoms with E-state index in [0.29, 0.717) is 29.4 Å². The van der Waals surface area contributed by atoms with Crippen molar-refractivity contribution >= 4 is 0 Å². The largest absolute Gasteiger partial charge is 0.508 e. The molecule has 2 nitrogen and oxygen atoms in total. The monoisotopic (exact) mass is 298 g/mol. The van der Waals surface area contributed by atoms with Gasteiger partial charge in [0.25, 0.3) is 0 Å². The Balaban J connectivity index is 1.78. The van der Waals surface area contributed by atoms with Crippen LogP contribution in [0.25, 0.3) is 0 Å². The first kappa shape index (κ1) is 14.3. The fourth-order valence-corrected chi connectivity index (χ4v) is 6.04. The Morgan fingerprint density at radius 3 is 2.91 bits per heavy atom. The number of allylic oxidation sites excluding steroid dienone is 1. The molecule has 1 aromatic rings. The summed E-state index contributed by atoms with van der Waals surface area (Å²) in [5.74, 6) is 2.66. The Morgan fingerprint density at radius 1 is 1.32 bits per heavy atom. The first-order valence-corrected chi connectivity index (χ1v) is 8.64. The zero-order valence-electron chi connectivity index (χ0n) is 13.3. The number of hydrogen-bond donors (Lipinski definition) is 2. The highest BCUT2D eigenvalue weighted by Crippen LogP contribution is 2.63. The molecule has 2 N–H and O–H groups in total. The minimum atomic E-state index is -0.125. The molecule has 2 fully saturated rings. The van der Waals surface area contributed by atoms with Crippen LogP contribution in [0.3, 0.4) is 0 Å². The number of phenolic OH excluding ortho intramolecular Hbond substituents is 1. The molecule has 4 rings (SSSR count). The molecule has 0 heterocycles. The van der Waals surface area contributed by atoms with Crippen LogP contribution < -0.4 is 0 Å². The minimum Gasteiger partial charge on any atom is -0.508 e. The predicted octanol–water partition coefficient (Wildman–Crippen LogP) is 4.02. The van der Waals surface area contributed by atoms with Crippen molar-refractivity contribution in [3.63, 3.8) is 0 Å². The molecule has 3 aliphatic rings. The van der Waals surface area contributed by atoms with Gasteiger partial charge in [0.15, 0.2) is 0 Å². The van der Waals surface area contributed by atoms with E-state index in [4.69, 9.17) is 0 Å². The van der Waals surface area contributed by atoms with Crippen molar-refractivity contribution in [2.75, 3.05) is 0 Å². The van der Waals surface area contributed by atoms with E-state index >= 15 is 0 Å². The van der Waals surface area contributed by atoms with Crippen LogP contribution in [0.5, 0.6) is 5.75 Å². The van der Waals surface area contributed by atoms with Crippen LogP contribution in [0, 0.1) is 23.2 Å². The van der Waals surface area contributed by atoms with E-state index in [1.165, 1.54) is 17.5 Å². The molecule has 22 heavy (non-hydrogen) atoms. The molecule has 0 bridgehead atoms. The van der Waals surface area contributed by atoms with Crippen LogP contribution in [0.1, 0.15) is 49.7 Å². The lowest BCUT2D eigenvalue weighted by Gasteiger charge is -2.52. The lowest BCUT2D eigenvalue weighted by atomic mass is 9.52. The summed E-state index contributed by atoms with van der Waals surface area (Å²) in [7, 11) is 0. The topological polar surface area (TPSA) is 40.5 Å². The first-order valence-electron chi connectivity index (χ1n) is 8.64. The number of phenols is 1. The second-order valence-corrected chi connectivity index (χ2v) is 8.07. The van der Waals surface area contributed by atoms with Gasteiger partial charge < -0.3 is 10.2 Å². The third-order valence-corrected chi connectivity index (χ3v) is 6.80. The van der Waals surface area contributed by atoms with Gasteiger partial charge >= 0.3 is 0 Å². The van der Waals surface area contributed by atoms with E-state index in [2.05, 4.69) is 25.6 Å². The van der Waals surface area contributed by atoms with E-state index in [-0.39, 0.29) is 11.5 Å². The highest BCUT2D eigenvalue weighted by Gasteiger charge is 2.55. The van der Waals surface area contributed by atoms with Crippen LogP contribution in [0.4, 0.5) is 0 Å². The molecule has 0 radical (unpaired) electrons. The number of hydrogen-bond acceptors (Lipinski definition) is 2. The molecule has 0 unspecified atom stereocenters. The van der Waals surface area contributed by atoms with Gasteiger partial charge in [-0.05, 0) is 84.5 Å². The first-order chi connectivity index (χ1) is 10.5. The summed E-state index contributed by atoms with van der Waals surface area (Å²) in [5, 5.41) is 20.0. The lowest BCUT2D eigenvalue weighted by Crippen LogP contribution is -2.43. The molecule has 1 aromatic carbocycles. The zero-order valence-corrected chi connectivity index (χ0v) is 13.3. The molecule has 0 aliphatic heterocycles. The Morgan fingerprint density at radius 2 is 2.14 bits per heavy atom. The van der Waals surface area contributed by atoms with Gasteiger partial charge in [0.05, 0.1) is 6.10 Å². The van der Waals surface area contributed by atoms with Crippen molar-refractivity contribution in [3.8, 4) is 5.75 Å². The van der Waals surface area contributed by atoms with Crippen LogP contribution in [0.2, 0.25) is 0 Å². The number of aliphatic hydroxyl groups is 1. The number of aromatic hydroxyl groups is 1. The predicted molar refractivity (Wildman–Crippen MR) is 87.8 cm³/mol. The number of rotatable bonds is 1. The molecule has 0 spiro atoms.